The van der Waals surface area contributed by atoms with E-state index >= 15 is 0 Å². The van der Waals surface area contributed by atoms with Crippen LogP contribution in [0.2, 0.25) is 0 Å². The Morgan fingerprint density at radius 1 is 1.35 bits per heavy atom. The third kappa shape index (κ3) is 3.68. The number of carboxylic acid groups (broad SMARTS) is 1. The lowest BCUT2D eigenvalue weighted by Gasteiger charge is -2.25. The second-order valence-corrected chi connectivity index (χ2v) is 5.13. The minimum Gasteiger partial charge on any atom is -0.481 e. The molecule has 4 heteroatoms. The molecule has 2 N–H and O–H groups in total. The minimum atomic E-state index is -0.808. The van der Waals surface area contributed by atoms with Gasteiger partial charge in [0.2, 0.25) is 0 Å². The van der Waals surface area contributed by atoms with Gasteiger partial charge in [-0.15, -0.1) is 0 Å². The van der Waals surface area contributed by atoms with E-state index in [1.807, 2.05) is 13.8 Å². The maximum atomic E-state index is 10.9. The number of aliphatic hydroxyl groups is 1. The Morgan fingerprint density at radius 3 is 2.47 bits per heavy atom. The molecule has 0 aromatic heterocycles. The lowest BCUT2D eigenvalue weighted by Crippen LogP contribution is -2.32. The molecular formula is C13H24O4. The highest BCUT2D eigenvalue weighted by atomic mass is 16.5. The van der Waals surface area contributed by atoms with Crippen molar-refractivity contribution in [3.63, 3.8) is 0 Å². The number of ether oxygens (including phenoxy) is 1. The number of aliphatic hydroxyl groups excluding tert-OH is 1. The van der Waals surface area contributed by atoms with Crippen molar-refractivity contribution >= 4 is 5.97 Å². The van der Waals surface area contributed by atoms with Crippen molar-refractivity contribution in [2.75, 3.05) is 0 Å². The first kappa shape index (κ1) is 14.5. The molecular weight excluding hydrogens is 220 g/mol. The number of carboxylic acids is 1. The fourth-order valence-electron chi connectivity index (χ4n) is 2.41. The van der Waals surface area contributed by atoms with Gasteiger partial charge >= 0.3 is 5.97 Å². The Bertz CT molecular complexity index is 254. The first-order valence-electron chi connectivity index (χ1n) is 6.53. The molecule has 4 nitrogen and oxygen atoms in total. The van der Waals surface area contributed by atoms with Gasteiger partial charge in [0.05, 0.1) is 24.2 Å². The second kappa shape index (κ2) is 6.36. The van der Waals surface area contributed by atoms with E-state index < -0.39 is 11.9 Å². The van der Waals surface area contributed by atoms with Crippen LogP contribution < -0.4 is 0 Å². The molecule has 5 atom stereocenters. The molecule has 0 bridgehead atoms. The van der Waals surface area contributed by atoms with Gasteiger partial charge in [-0.25, -0.2) is 0 Å². The highest BCUT2D eigenvalue weighted by molar-refractivity contribution is 5.70. The normalized spacial score (nSPS) is 29.9. The molecule has 1 heterocycles. The van der Waals surface area contributed by atoms with Crippen LogP contribution in [0.15, 0.2) is 0 Å². The summed E-state index contributed by atoms with van der Waals surface area (Å²) in [5.74, 6) is -1.19. The summed E-state index contributed by atoms with van der Waals surface area (Å²) in [6.45, 7) is 5.71. The Morgan fingerprint density at radius 2 is 1.94 bits per heavy atom. The maximum absolute atomic E-state index is 10.9. The van der Waals surface area contributed by atoms with Gasteiger partial charge in [0, 0.05) is 5.92 Å². The first-order valence-corrected chi connectivity index (χ1v) is 6.53. The highest BCUT2D eigenvalue weighted by Gasteiger charge is 2.36. The summed E-state index contributed by atoms with van der Waals surface area (Å²) in [4.78, 5) is 10.9. The van der Waals surface area contributed by atoms with Crippen LogP contribution in [0.25, 0.3) is 0 Å². The van der Waals surface area contributed by atoms with Gasteiger partial charge in [-0.05, 0) is 26.2 Å². The highest BCUT2D eigenvalue weighted by Crippen LogP contribution is 2.31. The molecule has 17 heavy (non-hydrogen) atoms. The van der Waals surface area contributed by atoms with Crippen LogP contribution in [-0.4, -0.2) is 34.5 Å². The molecule has 1 fully saturated rings. The van der Waals surface area contributed by atoms with Crippen LogP contribution in [0.4, 0.5) is 0 Å². The van der Waals surface area contributed by atoms with Crippen LogP contribution in [0.1, 0.15) is 46.5 Å². The zero-order chi connectivity index (χ0) is 13.0. The zero-order valence-corrected chi connectivity index (χ0v) is 10.9. The fourth-order valence-corrected chi connectivity index (χ4v) is 2.41. The van der Waals surface area contributed by atoms with Crippen molar-refractivity contribution in [2.45, 2.75) is 64.8 Å². The number of hydrogen-bond acceptors (Lipinski definition) is 3. The molecule has 1 rings (SSSR count). The fraction of sp³-hybridized carbons (Fsp3) is 0.923. The Labute approximate surface area is 103 Å². The SMILES string of the molecule is CCCC(O)C(C)C1CCC(C(C)C(=O)O)O1. The van der Waals surface area contributed by atoms with E-state index in [-0.39, 0.29) is 24.2 Å². The van der Waals surface area contributed by atoms with E-state index in [1.54, 1.807) is 6.92 Å². The van der Waals surface area contributed by atoms with Crippen LogP contribution in [-0.2, 0) is 9.53 Å². The van der Waals surface area contributed by atoms with Gasteiger partial charge in [0.15, 0.2) is 0 Å². The molecule has 100 valence electrons. The van der Waals surface area contributed by atoms with Crippen LogP contribution in [0.5, 0.6) is 0 Å². The summed E-state index contributed by atoms with van der Waals surface area (Å²) in [6, 6.07) is 0. The van der Waals surface area contributed by atoms with Gasteiger partial charge in [-0.2, -0.15) is 0 Å². The largest absolute Gasteiger partial charge is 0.481 e. The average molecular weight is 244 g/mol. The molecule has 1 aliphatic heterocycles. The smallest absolute Gasteiger partial charge is 0.308 e. The van der Waals surface area contributed by atoms with Crippen molar-refractivity contribution in [1.82, 2.24) is 0 Å². The third-order valence-corrected chi connectivity index (χ3v) is 3.81. The Hall–Kier alpha value is -0.610. The quantitative estimate of drug-likeness (QED) is 0.750. The molecule has 0 spiro atoms. The molecule has 0 aromatic carbocycles. The van der Waals surface area contributed by atoms with Crippen LogP contribution in [0.3, 0.4) is 0 Å². The van der Waals surface area contributed by atoms with Gasteiger partial charge in [0.25, 0.3) is 0 Å². The summed E-state index contributed by atoms with van der Waals surface area (Å²) in [7, 11) is 0. The van der Waals surface area contributed by atoms with Gasteiger partial charge in [-0.3, -0.25) is 4.79 Å². The average Bonchev–Trinajstić information content (AvgIpc) is 2.76. The van der Waals surface area contributed by atoms with Crippen molar-refractivity contribution in [3.8, 4) is 0 Å². The van der Waals surface area contributed by atoms with Crippen molar-refractivity contribution in [2.24, 2.45) is 11.8 Å². The molecule has 0 aliphatic carbocycles. The lowest BCUT2D eigenvalue weighted by atomic mass is 9.93. The molecule has 0 amide bonds. The van der Waals surface area contributed by atoms with Gasteiger partial charge in [-0.1, -0.05) is 20.3 Å². The Kier molecular flexibility index (Phi) is 5.40. The standard InChI is InChI=1S/C13H24O4/c1-4-5-10(14)8(2)11-6-7-12(17-11)9(3)13(15)16/h8-12,14H,4-7H2,1-3H3,(H,15,16). The predicted molar refractivity (Wildman–Crippen MR) is 64.8 cm³/mol. The second-order valence-electron chi connectivity index (χ2n) is 5.13. The van der Waals surface area contributed by atoms with E-state index in [1.165, 1.54) is 0 Å². The summed E-state index contributed by atoms with van der Waals surface area (Å²) >= 11 is 0. The molecule has 0 aromatic rings. The molecule has 5 unspecified atom stereocenters. The lowest BCUT2D eigenvalue weighted by molar-refractivity contribution is -0.147. The monoisotopic (exact) mass is 244 g/mol. The van der Waals surface area contributed by atoms with E-state index in [9.17, 15) is 9.90 Å². The maximum Gasteiger partial charge on any atom is 0.308 e. The summed E-state index contributed by atoms with van der Waals surface area (Å²) < 4.78 is 5.77. The molecule has 0 radical (unpaired) electrons. The zero-order valence-electron chi connectivity index (χ0n) is 10.9. The molecule has 1 saturated heterocycles. The number of hydrogen-bond donors (Lipinski definition) is 2. The van der Waals surface area contributed by atoms with E-state index in [2.05, 4.69) is 0 Å². The first-order chi connectivity index (χ1) is 7.97. The molecule has 1 aliphatic rings. The van der Waals surface area contributed by atoms with Crippen molar-refractivity contribution < 1.29 is 19.7 Å². The van der Waals surface area contributed by atoms with E-state index in [0.29, 0.717) is 0 Å². The number of aliphatic carboxylic acids is 1. The molecule has 0 saturated carbocycles. The number of rotatable bonds is 6. The van der Waals surface area contributed by atoms with Gasteiger partial charge in [0.1, 0.15) is 0 Å². The van der Waals surface area contributed by atoms with E-state index in [4.69, 9.17) is 9.84 Å². The van der Waals surface area contributed by atoms with Crippen molar-refractivity contribution in [1.29, 1.82) is 0 Å². The number of carbonyl (C=O) groups is 1. The van der Waals surface area contributed by atoms with Crippen molar-refractivity contribution in [3.05, 3.63) is 0 Å². The topological polar surface area (TPSA) is 66.8 Å². The third-order valence-electron chi connectivity index (χ3n) is 3.81. The summed E-state index contributed by atoms with van der Waals surface area (Å²) in [5.41, 5.74) is 0. The minimum absolute atomic E-state index is 0.00310. The summed E-state index contributed by atoms with van der Waals surface area (Å²) in [5, 5.41) is 18.8. The van der Waals surface area contributed by atoms with Crippen LogP contribution in [0, 0.1) is 11.8 Å². The predicted octanol–water partition coefficient (Wildman–Crippen LogP) is 2.05. The Balaban J connectivity index is 2.46. The van der Waals surface area contributed by atoms with Gasteiger partial charge < -0.3 is 14.9 Å². The summed E-state index contributed by atoms with van der Waals surface area (Å²) in [6.07, 6.45) is 2.82. The van der Waals surface area contributed by atoms with E-state index in [0.717, 1.165) is 25.7 Å². The van der Waals surface area contributed by atoms with Crippen LogP contribution >= 0.6 is 0 Å².